The summed E-state index contributed by atoms with van der Waals surface area (Å²) >= 11 is 0. The van der Waals surface area contributed by atoms with Crippen molar-refractivity contribution in [3.63, 3.8) is 0 Å². The summed E-state index contributed by atoms with van der Waals surface area (Å²) in [5, 5.41) is 11.0. The first-order valence-corrected chi connectivity index (χ1v) is 8.93. The molecule has 1 heterocycles. The number of aliphatic carboxylic acids is 1. The van der Waals surface area contributed by atoms with E-state index >= 15 is 0 Å². The standard InChI is InChI=1S/C23H18N2O3/c1-15(23(26)27)16-11-13-18(14-12-16)28-22-21(17-7-3-2-4-8-17)24-19-9-5-6-10-20(19)25-22/h2-15H,1H3,(H,26,27)/p-1. The molecule has 5 heteroatoms. The van der Waals surface area contributed by atoms with Gasteiger partial charge in [-0.25, -0.2) is 9.97 Å². The molecule has 0 spiro atoms. The maximum atomic E-state index is 11.0. The van der Waals surface area contributed by atoms with Crippen molar-refractivity contribution in [3.8, 4) is 22.9 Å². The van der Waals surface area contributed by atoms with E-state index in [9.17, 15) is 9.90 Å². The van der Waals surface area contributed by atoms with Gasteiger partial charge >= 0.3 is 0 Å². The zero-order valence-corrected chi connectivity index (χ0v) is 15.2. The number of hydrogen-bond acceptors (Lipinski definition) is 5. The highest BCUT2D eigenvalue weighted by Crippen LogP contribution is 2.32. The average molecular weight is 369 g/mol. The number of ether oxygens (including phenoxy) is 1. The lowest BCUT2D eigenvalue weighted by Gasteiger charge is -2.14. The zero-order valence-electron chi connectivity index (χ0n) is 15.2. The van der Waals surface area contributed by atoms with Crippen LogP contribution in [0, 0.1) is 0 Å². The zero-order chi connectivity index (χ0) is 19.5. The number of para-hydroxylation sites is 2. The minimum Gasteiger partial charge on any atom is -0.550 e. The number of carbonyl (C=O) groups is 1. The van der Waals surface area contributed by atoms with Crippen LogP contribution >= 0.6 is 0 Å². The molecule has 0 saturated heterocycles. The summed E-state index contributed by atoms with van der Waals surface area (Å²) in [5.41, 5.74) is 3.72. The third-order valence-electron chi connectivity index (χ3n) is 4.53. The van der Waals surface area contributed by atoms with Crippen LogP contribution in [0.25, 0.3) is 22.3 Å². The van der Waals surface area contributed by atoms with Crippen molar-refractivity contribution in [2.24, 2.45) is 0 Å². The highest BCUT2D eigenvalue weighted by Gasteiger charge is 2.14. The van der Waals surface area contributed by atoms with E-state index in [1.165, 1.54) is 0 Å². The molecule has 0 saturated carbocycles. The normalized spacial score (nSPS) is 11.9. The third-order valence-corrected chi connectivity index (χ3v) is 4.53. The van der Waals surface area contributed by atoms with Crippen LogP contribution in [-0.4, -0.2) is 15.9 Å². The number of carbonyl (C=O) groups excluding carboxylic acids is 1. The molecule has 0 N–H and O–H groups in total. The van der Waals surface area contributed by atoms with Gasteiger partial charge in [0.2, 0.25) is 5.88 Å². The van der Waals surface area contributed by atoms with Gasteiger partial charge in [0.05, 0.1) is 11.0 Å². The van der Waals surface area contributed by atoms with E-state index in [2.05, 4.69) is 4.98 Å². The lowest BCUT2D eigenvalue weighted by molar-refractivity contribution is -0.307. The topological polar surface area (TPSA) is 75.1 Å². The van der Waals surface area contributed by atoms with Gasteiger partial charge in [0.25, 0.3) is 0 Å². The molecule has 1 unspecified atom stereocenters. The molecule has 4 rings (SSSR count). The summed E-state index contributed by atoms with van der Waals surface area (Å²) in [7, 11) is 0. The summed E-state index contributed by atoms with van der Waals surface area (Å²) in [4.78, 5) is 20.4. The highest BCUT2D eigenvalue weighted by molar-refractivity contribution is 5.79. The van der Waals surface area contributed by atoms with Crippen molar-refractivity contribution in [1.82, 2.24) is 9.97 Å². The first kappa shape index (κ1) is 17.7. The second kappa shape index (κ2) is 7.48. The first-order chi connectivity index (χ1) is 13.6. The monoisotopic (exact) mass is 369 g/mol. The van der Waals surface area contributed by atoms with Gasteiger partial charge < -0.3 is 14.6 Å². The Hall–Kier alpha value is -3.73. The van der Waals surface area contributed by atoms with E-state index in [0.717, 1.165) is 16.6 Å². The van der Waals surface area contributed by atoms with Crippen LogP contribution in [0.5, 0.6) is 11.6 Å². The maximum Gasteiger partial charge on any atom is 0.246 e. The van der Waals surface area contributed by atoms with Gasteiger partial charge in [0.1, 0.15) is 11.4 Å². The average Bonchev–Trinajstić information content (AvgIpc) is 2.74. The second-order valence-electron chi connectivity index (χ2n) is 6.44. The number of benzene rings is 3. The third kappa shape index (κ3) is 3.55. The molecule has 0 fully saturated rings. The molecule has 0 amide bonds. The predicted octanol–water partition coefficient (Wildman–Crippen LogP) is 3.94. The molecule has 4 aromatic rings. The molecule has 3 aromatic carbocycles. The molecular weight excluding hydrogens is 352 g/mol. The van der Waals surface area contributed by atoms with Gasteiger partial charge in [-0.2, -0.15) is 0 Å². The van der Waals surface area contributed by atoms with Crippen LogP contribution in [0.4, 0.5) is 0 Å². The van der Waals surface area contributed by atoms with Crippen LogP contribution in [0.15, 0.2) is 78.9 Å². The van der Waals surface area contributed by atoms with Crippen molar-refractivity contribution < 1.29 is 14.6 Å². The second-order valence-corrected chi connectivity index (χ2v) is 6.44. The Bertz CT molecular complexity index is 1130. The fourth-order valence-corrected chi connectivity index (χ4v) is 2.91. The number of carboxylic acid groups (broad SMARTS) is 1. The largest absolute Gasteiger partial charge is 0.550 e. The lowest BCUT2D eigenvalue weighted by Crippen LogP contribution is -2.27. The first-order valence-electron chi connectivity index (χ1n) is 8.93. The number of fused-ring (bicyclic) bond motifs is 1. The van der Waals surface area contributed by atoms with Crippen LogP contribution in [0.2, 0.25) is 0 Å². The predicted molar refractivity (Wildman–Crippen MR) is 105 cm³/mol. The Kier molecular flexibility index (Phi) is 4.72. The van der Waals surface area contributed by atoms with Crippen molar-refractivity contribution >= 4 is 17.0 Å². The fraction of sp³-hybridized carbons (Fsp3) is 0.0870. The Morgan fingerprint density at radius 2 is 1.46 bits per heavy atom. The summed E-state index contributed by atoms with van der Waals surface area (Å²) in [6.45, 7) is 1.59. The van der Waals surface area contributed by atoms with Crippen molar-refractivity contribution in [3.05, 3.63) is 84.4 Å². The molecule has 0 radical (unpaired) electrons. The maximum absolute atomic E-state index is 11.0. The van der Waals surface area contributed by atoms with E-state index in [1.54, 1.807) is 31.2 Å². The number of aromatic nitrogens is 2. The van der Waals surface area contributed by atoms with Gasteiger partial charge in [-0.15, -0.1) is 0 Å². The molecule has 0 aliphatic carbocycles. The van der Waals surface area contributed by atoms with E-state index in [4.69, 9.17) is 9.72 Å². The molecule has 28 heavy (non-hydrogen) atoms. The number of hydrogen-bond donors (Lipinski definition) is 0. The number of rotatable bonds is 5. The number of nitrogens with zero attached hydrogens (tertiary/aromatic N) is 2. The Balaban J connectivity index is 1.74. The fourth-order valence-electron chi connectivity index (χ4n) is 2.91. The van der Waals surface area contributed by atoms with Crippen LogP contribution in [0.1, 0.15) is 18.4 Å². The minimum atomic E-state index is -1.11. The lowest BCUT2D eigenvalue weighted by atomic mass is 10.0. The molecule has 0 bridgehead atoms. The van der Waals surface area contributed by atoms with Crippen molar-refractivity contribution in [2.45, 2.75) is 12.8 Å². The molecular formula is C23H17N2O3-. The summed E-state index contributed by atoms with van der Waals surface area (Å²) in [5.74, 6) is -0.850. The summed E-state index contributed by atoms with van der Waals surface area (Å²) in [6, 6.07) is 24.2. The molecule has 5 nitrogen and oxygen atoms in total. The van der Waals surface area contributed by atoms with Crippen molar-refractivity contribution in [2.75, 3.05) is 0 Å². The van der Waals surface area contributed by atoms with Gasteiger partial charge in [0.15, 0.2) is 0 Å². The highest BCUT2D eigenvalue weighted by atomic mass is 16.5. The molecule has 0 aliphatic heterocycles. The Morgan fingerprint density at radius 3 is 2.11 bits per heavy atom. The summed E-state index contributed by atoms with van der Waals surface area (Å²) < 4.78 is 6.03. The summed E-state index contributed by atoms with van der Waals surface area (Å²) in [6.07, 6.45) is 0. The van der Waals surface area contributed by atoms with E-state index in [-0.39, 0.29) is 0 Å². The Morgan fingerprint density at radius 1 is 0.857 bits per heavy atom. The molecule has 138 valence electrons. The van der Waals surface area contributed by atoms with Gasteiger partial charge in [-0.05, 0) is 29.8 Å². The van der Waals surface area contributed by atoms with Gasteiger partial charge in [0, 0.05) is 17.5 Å². The quantitative estimate of drug-likeness (QED) is 0.533. The molecule has 1 atom stereocenters. The van der Waals surface area contributed by atoms with E-state index in [1.807, 2.05) is 54.6 Å². The number of carboxylic acids is 1. The Labute approximate surface area is 162 Å². The van der Waals surface area contributed by atoms with Gasteiger partial charge in [-0.3, -0.25) is 0 Å². The van der Waals surface area contributed by atoms with E-state index < -0.39 is 11.9 Å². The smallest absolute Gasteiger partial charge is 0.246 e. The molecule has 1 aromatic heterocycles. The van der Waals surface area contributed by atoms with Crippen LogP contribution in [-0.2, 0) is 4.79 Å². The van der Waals surface area contributed by atoms with Crippen LogP contribution in [0.3, 0.4) is 0 Å². The minimum absolute atomic E-state index is 0.394. The molecule has 0 aliphatic rings. The van der Waals surface area contributed by atoms with E-state index in [0.29, 0.717) is 22.9 Å². The van der Waals surface area contributed by atoms with Gasteiger partial charge in [-0.1, -0.05) is 61.5 Å². The SMILES string of the molecule is CC(C(=O)[O-])c1ccc(Oc2nc3ccccc3nc2-c2ccccc2)cc1. The van der Waals surface area contributed by atoms with Crippen LogP contribution < -0.4 is 9.84 Å². The van der Waals surface area contributed by atoms with Crippen molar-refractivity contribution in [1.29, 1.82) is 0 Å².